The van der Waals surface area contributed by atoms with E-state index in [1.807, 2.05) is 6.92 Å². The fourth-order valence-corrected chi connectivity index (χ4v) is 4.01. The van der Waals surface area contributed by atoms with Gasteiger partial charge in [-0.1, -0.05) is 0 Å². The molecule has 1 aromatic heterocycles. The van der Waals surface area contributed by atoms with E-state index in [1.165, 1.54) is 11.3 Å². The number of halogens is 1. The zero-order valence-corrected chi connectivity index (χ0v) is 16.1. The molecule has 24 heavy (non-hydrogen) atoms. The number of likely N-dealkylation sites (N-methyl/N-ethyl adjacent to an activating group) is 1. The van der Waals surface area contributed by atoms with Gasteiger partial charge in [0.05, 0.1) is 11.5 Å². The third-order valence-corrected chi connectivity index (χ3v) is 5.86. The van der Waals surface area contributed by atoms with Gasteiger partial charge in [0, 0.05) is 17.3 Å². The Kier molecular flexibility index (Phi) is 7.62. The van der Waals surface area contributed by atoms with Gasteiger partial charge in [-0.15, -0.1) is 23.7 Å². The van der Waals surface area contributed by atoms with Crippen molar-refractivity contribution in [2.75, 3.05) is 20.2 Å². The van der Waals surface area contributed by atoms with E-state index in [0.29, 0.717) is 23.4 Å². The van der Waals surface area contributed by atoms with Gasteiger partial charge in [0.2, 0.25) is 10.0 Å². The molecule has 1 aromatic carbocycles. The summed E-state index contributed by atoms with van der Waals surface area (Å²) in [4.78, 5) is 12.4. The van der Waals surface area contributed by atoms with Crippen molar-refractivity contribution in [3.63, 3.8) is 0 Å². The van der Waals surface area contributed by atoms with E-state index in [0.717, 1.165) is 4.70 Å². The highest BCUT2D eigenvalue weighted by Crippen LogP contribution is 2.28. The molecule has 9 heteroatoms. The molecule has 134 valence electrons. The van der Waals surface area contributed by atoms with Crippen LogP contribution < -0.4 is 10.0 Å². The first-order valence-electron chi connectivity index (χ1n) is 7.25. The van der Waals surface area contributed by atoms with Crippen LogP contribution in [0.5, 0.6) is 0 Å². The third-order valence-electron chi connectivity index (χ3n) is 3.35. The highest BCUT2D eigenvalue weighted by atomic mass is 35.5. The summed E-state index contributed by atoms with van der Waals surface area (Å²) in [5.74, 6) is -0.390. The minimum absolute atomic E-state index is 0. The minimum atomic E-state index is -3.58. The normalized spacial score (nSPS) is 12.6. The Morgan fingerprint density at radius 2 is 2.04 bits per heavy atom. The monoisotopic (exact) mass is 392 g/mol. The van der Waals surface area contributed by atoms with Crippen LogP contribution in [0.2, 0.25) is 0 Å². The van der Waals surface area contributed by atoms with Gasteiger partial charge in [-0.3, -0.25) is 0 Å². The second-order valence-electron chi connectivity index (χ2n) is 5.07. The summed E-state index contributed by atoms with van der Waals surface area (Å²) < 4.78 is 33.0. The van der Waals surface area contributed by atoms with Gasteiger partial charge < -0.3 is 10.1 Å². The summed E-state index contributed by atoms with van der Waals surface area (Å²) in [5, 5.41) is 3.68. The number of benzene rings is 1. The Labute approximate surface area is 152 Å². The van der Waals surface area contributed by atoms with E-state index in [2.05, 4.69) is 10.0 Å². The summed E-state index contributed by atoms with van der Waals surface area (Å²) >= 11 is 1.29. The van der Waals surface area contributed by atoms with Crippen molar-refractivity contribution in [3.8, 4) is 0 Å². The molecular formula is C15H21ClN2O4S2. The molecule has 2 N–H and O–H groups in total. The third kappa shape index (κ3) is 4.90. The summed E-state index contributed by atoms with van der Waals surface area (Å²) in [6.07, 6.45) is 0. The maximum Gasteiger partial charge on any atom is 0.348 e. The van der Waals surface area contributed by atoms with Gasteiger partial charge in [0.1, 0.15) is 4.88 Å². The van der Waals surface area contributed by atoms with Crippen molar-refractivity contribution in [2.24, 2.45) is 0 Å². The summed E-state index contributed by atoms with van der Waals surface area (Å²) in [6.45, 7) is 4.23. The van der Waals surface area contributed by atoms with Gasteiger partial charge in [-0.25, -0.2) is 17.9 Å². The van der Waals surface area contributed by atoms with Crippen LogP contribution in [0.4, 0.5) is 0 Å². The van der Waals surface area contributed by atoms with E-state index in [-0.39, 0.29) is 29.3 Å². The first-order valence-corrected chi connectivity index (χ1v) is 9.55. The number of ether oxygens (including phenoxy) is 1. The van der Waals surface area contributed by atoms with Crippen LogP contribution in [0.1, 0.15) is 23.5 Å². The standard InChI is InChI=1S/C15H20N2O4S2.ClH/c1-4-21-15(18)14-8-11-7-12(5-6-13(11)22-14)23(19,20)17-9-10(2)16-3;/h5-8,10,16-17H,4,9H2,1-3H3;1H. The second kappa shape index (κ2) is 8.77. The Morgan fingerprint density at radius 3 is 2.67 bits per heavy atom. The SMILES string of the molecule is CCOC(=O)c1cc2cc(S(=O)(=O)NCC(C)NC)ccc2s1.Cl. The summed E-state index contributed by atoms with van der Waals surface area (Å²) in [5.41, 5.74) is 0. The number of fused-ring (bicyclic) bond motifs is 1. The molecule has 0 amide bonds. The van der Waals surface area contributed by atoms with Gasteiger partial charge >= 0.3 is 5.97 Å². The highest BCUT2D eigenvalue weighted by Gasteiger charge is 2.17. The number of carbonyl (C=O) groups excluding carboxylic acids is 1. The van der Waals surface area contributed by atoms with Crippen molar-refractivity contribution in [1.29, 1.82) is 0 Å². The molecule has 1 atom stereocenters. The predicted octanol–water partition coefficient (Wildman–Crippen LogP) is 2.39. The lowest BCUT2D eigenvalue weighted by Gasteiger charge is -2.12. The first kappa shape index (κ1) is 20.9. The van der Waals surface area contributed by atoms with Crippen molar-refractivity contribution >= 4 is 49.8 Å². The maximum absolute atomic E-state index is 12.3. The van der Waals surface area contributed by atoms with Gasteiger partial charge in [0.15, 0.2) is 0 Å². The van der Waals surface area contributed by atoms with Crippen LogP contribution in [0.15, 0.2) is 29.2 Å². The zero-order valence-electron chi connectivity index (χ0n) is 13.7. The average molecular weight is 393 g/mol. The van der Waals surface area contributed by atoms with Crippen LogP contribution >= 0.6 is 23.7 Å². The molecule has 1 unspecified atom stereocenters. The number of nitrogens with one attached hydrogen (secondary N) is 2. The average Bonchev–Trinajstić information content (AvgIpc) is 2.96. The van der Waals surface area contributed by atoms with E-state index in [4.69, 9.17) is 4.74 Å². The molecule has 0 fully saturated rings. The van der Waals surface area contributed by atoms with Crippen LogP contribution in [-0.2, 0) is 14.8 Å². The summed E-state index contributed by atoms with van der Waals surface area (Å²) in [6, 6.07) is 6.51. The van der Waals surface area contributed by atoms with E-state index >= 15 is 0 Å². The molecule has 0 aliphatic rings. The molecule has 0 radical (unpaired) electrons. The quantitative estimate of drug-likeness (QED) is 0.707. The lowest BCUT2D eigenvalue weighted by atomic mass is 10.2. The van der Waals surface area contributed by atoms with Gasteiger partial charge in [0.25, 0.3) is 0 Å². The van der Waals surface area contributed by atoms with Crippen LogP contribution in [0, 0.1) is 0 Å². The Balaban J connectivity index is 0.00000288. The number of hydrogen-bond donors (Lipinski definition) is 2. The Hall–Kier alpha value is -1.19. The fraction of sp³-hybridized carbons (Fsp3) is 0.400. The molecule has 0 aliphatic carbocycles. The Bertz CT molecular complexity index is 805. The maximum atomic E-state index is 12.3. The number of rotatable bonds is 7. The lowest BCUT2D eigenvalue weighted by molar-refractivity contribution is 0.0532. The molecular weight excluding hydrogens is 372 g/mol. The molecule has 2 aromatic rings. The Morgan fingerprint density at radius 1 is 1.33 bits per heavy atom. The molecule has 1 heterocycles. The van der Waals surface area contributed by atoms with Crippen molar-refractivity contribution < 1.29 is 17.9 Å². The predicted molar refractivity (Wildman–Crippen MR) is 98.7 cm³/mol. The van der Waals surface area contributed by atoms with Crippen LogP contribution in [-0.4, -0.2) is 40.6 Å². The van der Waals surface area contributed by atoms with Gasteiger partial charge in [-0.2, -0.15) is 0 Å². The zero-order chi connectivity index (χ0) is 17.0. The van der Waals surface area contributed by atoms with E-state index in [1.54, 1.807) is 38.2 Å². The summed E-state index contributed by atoms with van der Waals surface area (Å²) in [7, 11) is -1.81. The number of sulfonamides is 1. The molecule has 2 rings (SSSR count). The number of carbonyl (C=O) groups is 1. The molecule has 0 bridgehead atoms. The van der Waals surface area contributed by atoms with Crippen LogP contribution in [0.3, 0.4) is 0 Å². The molecule has 0 saturated carbocycles. The molecule has 0 aliphatic heterocycles. The fourth-order valence-electron chi connectivity index (χ4n) is 1.91. The molecule has 0 saturated heterocycles. The largest absolute Gasteiger partial charge is 0.462 e. The number of hydrogen-bond acceptors (Lipinski definition) is 6. The minimum Gasteiger partial charge on any atom is -0.462 e. The van der Waals surface area contributed by atoms with Crippen molar-refractivity contribution in [3.05, 3.63) is 29.1 Å². The van der Waals surface area contributed by atoms with E-state index < -0.39 is 10.0 Å². The topological polar surface area (TPSA) is 84.5 Å². The highest BCUT2D eigenvalue weighted by molar-refractivity contribution is 7.89. The number of thiophene rings is 1. The van der Waals surface area contributed by atoms with Crippen LogP contribution in [0.25, 0.3) is 10.1 Å². The lowest BCUT2D eigenvalue weighted by Crippen LogP contribution is -2.37. The van der Waals surface area contributed by atoms with E-state index in [9.17, 15) is 13.2 Å². The van der Waals surface area contributed by atoms with Gasteiger partial charge in [-0.05, 0) is 50.5 Å². The first-order chi connectivity index (χ1) is 10.9. The second-order valence-corrected chi connectivity index (χ2v) is 7.92. The molecule has 0 spiro atoms. The van der Waals surface area contributed by atoms with Crippen molar-refractivity contribution in [2.45, 2.75) is 24.8 Å². The van der Waals surface area contributed by atoms with Crippen molar-refractivity contribution in [1.82, 2.24) is 10.0 Å². The smallest absolute Gasteiger partial charge is 0.348 e. The number of esters is 1. The molecule has 6 nitrogen and oxygen atoms in total.